The molecule has 1 aromatic carbocycles. The van der Waals surface area contributed by atoms with Crippen LogP contribution >= 0.6 is 0 Å². The Bertz CT molecular complexity index is 952. The summed E-state index contributed by atoms with van der Waals surface area (Å²) in [5.41, 5.74) is 1.06. The zero-order chi connectivity index (χ0) is 17.9. The van der Waals surface area contributed by atoms with Crippen LogP contribution in [0.4, 0.5) is 11.6 Å². The Morgan fingerprint density at radius 1 is 1.32 bits per heavy atom. The van der Waals surface area contributed by atoms with Gasteiger partial charge in [-0.05, 0) is 30.7 Å². The first kappa shape index (κ1) is 16.9. The van der Waals surface area contributed by atoms with Gasteiger partial charge in [-0.3, -0.25) is 4.79 Å². The summed E-state index contributed by atoms with van der Waals surface area (Å²) < 4.78 is 23.0. The second-order valence-electron chi connectivity index (χ2n) is 5.66. The fourth-order valence-electron chi connectivity index (χ4n) is 2.51. The van der Waals surface area contributed by atoms with E-state index in [9.17, 15) is 13.2 Å². The number of benzene rings is 1. The molecule has 9 heteroatoms. The van der Waals surface area contributed by atoms with E-state index in [0.29, 0.717) is 17.7 Å². The van der Waals surface area contributed by atoms with E-state index in [1.54, 1.807) is 24.3 Å². The number of hydrogen-bond acceptors (Lipinski definition) is 7. The molecule has 0 spiro atoms. The molecule has 0 bridgehead atoms. The summed E-state index contributed by atoms with van der Waals surface area (Å²) in [6.45, 7) is 0. The van der Waals surface area contributed by atoms with Crippen molar-refractivity contribution in [3.05, 3.63) is 47.8 Å². The number of carbonyl (C=O) groups excluding carboxylic acids is 1. The predicted octanol–water partition coefficient (Wildman–Crippen LogP) is 1.20. The third-order valence-electron chi connectivity index (χ3n) is 3.70. The molecule has 3 rings (SSSR count). The third-order valence-corrected chi connectivity index (χ3v) is 5.47. The minimum absolute atomic E-state index is 0.0355. The first-order valence-electron chi connectivity index (χ1n) is 7.57. The van der Waals surface area contributed by atoms with Gasteiger partial charge in [0.05, 0.1) is 23.1 Å². The summed E-state index contributed by atoms with van der Waals surface area (Å²) in [6.07, 6.45) is 1.92. The minimum Gasteiger partial charge on any atom is -0.350 e. The molecule has 1 atom stereocenters. The summed E-state index contributed by atoms with van der Waals surface area (Å²) in [5, 5.41) is 14.5. The molecular weight excluding hydrogens is 342 g/mol. The summed E-state index contributed by atoms with van der Waals surface area (Å²) >= 11 is 0. The number of aromatic nitrogens is 2. The summed E-state index contributed by atoms with van der Waals surface area (Å²) in [4.78, 5) is 20.5. The zero-order valence-corrected chi connectivity index (χ0v) is 14.0. The highest BCUT2D eigenvalue weighted by atomic mass is 32.2. The van der Waals surface area contributed by atoms with Crippen LogP contribution in [0.1, 0.15) is 22.5 Å². The Labute approximate surface area is 144 Å². The number of nitrogens with zero attached hydrogens (tertiary/aromatic N) is 3. The van der Waals surface area contributed by atoms with Crippen LogP contribution in [0.25, 0.3) is 0 Å². The normalized spacial score (nSPS) is 18.3. The first-order valence-corrected chi connectivity index (χ1v) is 9.39. The lowest BCUT2D eigenvalue weighted by atomic mass is 10.2. The van der Waals surface area contributed by atoms with Crippen molar-refractivity contribution in [2.24, 2.45) is 0 Å². The molecule has 0 aliphatic carbocycles. The molecule has 1 aromatic heterocycles. The van der Waals surface area contributed by atoms with Crippen molar-refractivity contribution >= 4 is 27.4 Å². The van der Waals surface area contributed by atoms with Crippen molar-refractivity contribution in [2.45, 2.75) is 12.5 Å². The van der Waals surface area contributed by atoms with E-state index < -0.39 is 15.7 Å². The maximum atomic E-state index is 12.3. The van der Waals surface area contributed by atoms with Crippen LogP contribution in [-0.4, -0.2) is 41.8 Å². The van der Waals surface area contributed by atoms with Crippen LogP contribution in [0.5, 0.6) is 0 Å². The molecule has 1 fully saturated rings. The molecule has 2 aromatic rings. The Kier molecular flexibility index (Phi) is 4.63. The van der Waals surface area contributed by atoms with Gasteiger partial charge in [0.25, 0.3) is 5.91 Å². The molecule has 1 saturated heterocycles. The highest BCUT2D eigenvalue weighted by Gasteiger charge is 2.28. The molecule has 0 radical (unpaired) electrons. The number of anilines is 2. The van der Waals surface area contributed by atoms with Gasteiger partial charge in [-0.25, -0.2) is 18.4 Å². The minimum atomic E-state index is -3.01. The van der Waals surface area contributed by atoms with E-state index in [1.807, 2.05) is 6.07 Å². The Hall–Kier alpha value is -2.99. The van der Waals surface area contributed by atoms with Crippen molar-refractivity contribution in [1.29, 1.82) is 5.26 Å². The van der Waals surface area contributed by atoms with E-state index in [2.05, 4.69) is 20.6 Å². The molecule has 2 heterocycles. The van der Waals surface area contributed by atoms with Crippen molar-refractivity contribution in [1.82, 2.24) is 9.97 Å². The Balaban J connectivity index is 1.70. The molecule has 25 heavy (non-hydrogen) atoms. The van der Waals surface area contributed by atoms with Crippen molar-refractivity contribution in [3.63, 3.8) is 0 Å². The average Bonchev–Trinajstić information content (AvgIpc) is 2.93. The summed E-state index contributed by atoms with van der Waals surface area (Å²) in [7, 11) is -3.01. The van der Waals surface area contributed by atoms with Gasteiger partial charge in [-0.15, -0.1) is 0 Å². The highest BCUT2D eigenvalue weighted by molar-refractivity contribution is 7.91. The van der Waals surface area contributed by atoms with E-state index in [0.717, 1.165) is 0 Å². The van der Waals surface area contributed by atoms with Crippen LogP contribution in [0, 0.1) is 11.3 Å². The average molecular weight is 357 g/mol. The number of amides is 1. The summed E-state index contributed by atoms with van der Waals surface area (Å²) in [6, 6.07) is 9.74. The van der Waals surface area contributed by atoms with Crippen LogP contribution in [0.3, 0.4) is 0 Å². The molecule has 0 saturated carbocycles. The molecular formula is C16H15N5O3S. The Morgan fingerprint density at radius 3 is 2.88 bits per heavy atom. The van der Waals surface area contributed by atoms with Gasteiger partial charge in [0.1, 0.15) is 5.69 Å². The lowest BCUT2D eigenvalue weighted by molar-refractivity contribution is 0.102. The monoisotopic (exact) mass is 357 g/mol. The van der Waals surface area contributed by atoms with E-state index in [1.165, 1.54) is 12.3 Å². The molecule has 128 valence electrons. The van der Waals surface area contributed by atoms with Gasteiger partial charge in [0, 0.05) is 17.9 Å². The van der Waals surface area contributed by atoms with Gasteiger partial charge in [-0.1, -0.05) is 6.07 Å². The van der Waals surface area contributed by atoms with Gasteiger partial charge < -0.3 is 10.6 Å². The smallest absolute Gasteiger partial charge is 0.274 e. The second kappa shape index (κ2) is 6.86. The fourth-order valence-corrected chi connectivity index (χ4v) is 4.18. The SMILES string of the molecule is N#Cc1cccc(NC(=O)c2ccnc(NC3CCS(=O)(=O)C3)n2)c1. The number of sulfone groups is 1. The Morgan fingerprint density at radius 2 is 2.16 bits per heavy atom. The first-order chi connectivity index (χ1) is 11.9. The molecule has 2 N–H and O–H groups in total. The predicted molar refractivity (Wildman–Crippen MR) is 91.8 cm³/mol. The number of nitrogens with one attached hydrogen (secondary N) is 2. The number of nitriles is 1. The van der Waals surface area contributed by atoms with Crippen molar-refractivity contribution in [2.75, 3.05) is 22.1 Å². The van der Waals surface area contributed by atoms with Crippen LogP contribution in [0.15, 0.2) is 36.5 Å². The molecule has 1 aliphatic rings. The topological polar surface area (TPSA) is 125 Å². The van der Waals surface area contributed by atoms with Crippen LogP contribution < -0.4 is 10.6 Å². The van der Waals surface area contributed by atoms with Gasteiger partial charge in [-0.2, -0.15) is 5.26 Å². The molecule has 1 amide bonds. The van der Waals surface area contributed by atoms with Crippen molar-refractivity contribution in [3.8, 4) is 6.07 Å². The molecule has 1 unspecified atom stereocenters. The van der Waals surface area contributed by atoms with Gasteiger partial charge >= 0.3 is 0 Å². The lowest BCUT2D eigenvalue weighted by Crippen LogP contribution is -2.23. The second-order valence-corrected chi connectivity index (χ2v) is 7.89. The maximum Gasteiger partial charge on any atom is 0.274 e. The number of rotatable bonds is 4. The van der Waals surface area contributed by atoms with Crippen LogP contribution in [0.2, 0.25) is 0 Å². The zero-order valence-electron chi connectivity index (χ0n) is 13.1. The number of hydrogen-bond donors (Lipinski definition) is 2. The highest BCUT2D eigenvalue weighted by Crippen LogP contribution is 2.16. The third kappa shape index (κ3) is 4.30. The van der Waals surface area contributed by atoms with E-state index in [-0.39, 0.29) is 29.2 Å². The standard InChI is InChI=1S/C16H15N5O3S/c17-9-11-2-1-3-12(8-11)19-15(22)14-4-6-18-16(21-14)20-13-5-7-25(23,24)10-13/h1-4,6,8,13H,5,7,10H2,(H,19,22)(H,18,20,21). The fraction of sp³-hybridized carbons (Fsp3) is 0.250. The summed E-state index contributed by atoms with van der Waals surface area (Å²) in [5.74, 6) is -0.0616. The molecule has 8 nitrogen and oxygen atoms in total. The maximum absolute atomic E-state index is 12.3. The quantitative estimate of drug-likeness (QED) is 0.842. The van der Waals surface area contributed by atoms with Gasteiger partial charge in [0.2, 0.25) is 5.95 Å². The largest absolute Gasteiger partial charge is 0.350 e. The van der Waals surface area contributed by atoms with Gasteiger partial charge in [0.15, 0.2) is 9.84 Å². The molecule has 1 aliphatic heterocycles. The lowest BCUT2D eigenvalue weighted by Gasteiger charge is -2.11. The number of carbonyl (C=O) groups is 1. The van der Waals surface area contributed by atoms with Crippen LogP contribution in [-0.2, 0) is 9.84 Å². The van der Waals surface area contributed by atoms with E-state index >= 15 is 0 Å². The van der Waals surface area contributed by atoms with E-state index in [4.69, 9.17) is 5.26 Å². The van der Waals surface area contributed by atoms with Crippen molar-refractivity contribution < 1.29 is 13.2 Å².